The van der Waals surface area contributed by atoms with Gasteiger partial charge in [-0.15, -0.1) is 0 Å². The summed E-state index contributed by atoms with van der Waals surface area (Å²) < 4.78 is 34.4. The van der Waals surface area contributed by atoms with Gasteiger partial charge in [0.25, 0.3) is 5.91 Å². The van der Waals surface area contributed by atoms with E-state index < -0.39 is 15.7 Å². The molecule has 6 nitrogen and oxygen atoms in total. The quantitative estimate of drug-likeness (QED) is 0.739. The van der Waals surface area contributed by atoms with Gasteiger partial charge in [-0.1, -0.05) is 24.3 Å². The molecule has 0 spiro atoms. The van der Waals surface area contributed by atoms with Crippen molar-refractivity contribution in [1.82, 2.24) is 0 Å². The van der Waals surface area contributed by atoms with Crippen molar-refractivity contribution < 1.29 is 22.4 Å². The van der Waals surface area contributed by atoms with Gasteiger partial charge in [0, 0.05) is 30.0 Å². The summed E-state index contributed by atoms with van der Waals surface area (Å²) in [5.41, 5.74) is 2.40. The van der Waals surface area contributed by atoms with Gasteiger partial charge in [-0.3, -0.25) is 4.79 Å². The van der Waals surface area contributed by atoms with Gasteiger partial charge >= 0.3 is 0 Å². The summed E-state index contributed by atoms with van der Waals surface area (Å²) in [4.78, 5) is 12.9. The van der Waals surface area contributed by atoms with Gasteiger partial charge in [0.05, 0.1) is 11.5 Å². The average Bonchev–Trinajstić information content (AvgIpc) is 2.95. The molecule has 2 aromatic carbocycles. The number of aryl methyl sites for hydroxylation is 1. The Morgan fingerprint density at radius 3 is 2.62 bits per heavy atom. The van der Waals surface area contributed by atoms with Gasteiger partial charge in [-0.05, 0) is 30.7 Å². The molecule has 3 aromatic rings. The Bertz CT molecular complexity index is 1080. The molecule has 0 radical (unpaired) electrons. The number of rotatable bonds is 5. The maximum absolute atomic E-state index is 12.8. The molecule has 0 aliphatic heterocycles. The number of fused-ring (bicyclic) bond motifs is 1. The summed E-state index contributed by atoms with van der Waals surface area (Å²) in [6.45, 7) is 2.01. The van der Waals surface area contributed by atoms with E-state index in [1.165, 1.54) is 12.1 Å². The molecule has 0 saturated heterocycles. The topological polar surface area (TPSA) is 85.6 Å². The monoisotopic (exact) mass is 373 g/mol. The van der Waals surface area contributed by atoms with E-state index in [9.17, 15) is 13.2 Å². The molecule has 0 saturated carbocycles. The molecule has 0 aliphatic carbocycles. The van der Waals surface area contributed by atoms with Crippen molar-refractivity contribution in [2.24, 2.45) is 0 Å². The molecule has 1 N–H and O–H groups in total. The lowest BCUT2D eigenvalue weighted by Crippen LogP contribution is -2.14. The third-order valence-electron chi connectivity index (χ3n) is 4.08. The summed E-state index contributed by atoms with van der Waals surface area (Å²) >= 11 is 0. The van der Waals surface area contributed by atoms with Crippen LogP contribution in [-0.4, -0.2) is 27.7 Å². The molecule has 1 aromatic heterocycles. The second kappa shape index (κ2) is 6.93. The van der Waals surface area contributed by atoms with E-state index in [-0.39, 0.29) is 17.3 Å². The van der Waals surface area contributed by atoms with E-state index >= 15 is 0 Å². The number of sulfone groups is 1. The van der Waals surface area contributed by atoms with Crippen LogP contribution in [0.25, 0.3) is 11.0 Å². The average molecular weight is 373 g/mol. The fourth-order valence-corrected chi connectivity index (χ4v) is 3.36. The van der Waals surface area contributed by atoms with Crippen molar-refractivity contribution >= 4 is 32.4 Å². The molecule has 1 heterocycles. The summed E-state index contributed by atoms with van der Waals surface area (Å²) in [5, 5.41) is 3.55. The fraction of sp³-hybridized carbons (Fsp3) is 0.211. The molecular weight excluding hydrogens is 354 g/mol. The van der Waals surface area contributed by atoms with Crippen molar-refractivity contribution in [3.05, 3.63) is 59.4 Å². The Balaban J connectivity index is 2.01. The maximum atomic E-state index is 12.8. The van der Waals surface area contributed by atoms with E-state index in [2.05, 4.69) is 5.32 Å². The Morgan fingerprint density at radius 1 is 1.19 bits per heavy atom. The number of para-hydroxylation sites is 1. The Labute approximate surface area is 151 Å². The number of hydrogen-bond donors (Lipinski definition) is 1. The highest BCUT2D eigenvalue weighted by molar-refractivity contribution is 7.90. The molecule has 7 heteroatoms. The molecule has 0 unspecified atom stereocenters. The zero-order valence-electron chi connectivity index (χ0n) is 14.7. The van der Waals surface area contributed by atoms with Crippen molar-refractivity contribution in [2.75, 3.05) is 18.7 Å². The summed E-state index contributed by atoms with van der Waals surface area (Å²) in [5.74, 6) is -0.306. The number of methoxy groups -OCH3 is 1. The van der Waals surface area contributed by atoms with Gasteiger partial charge in [0.1, 0.15) is 5.58 Å². The van der Waals surface area contributed by atoms with Crippen LogP contribution in [0, 0.1) is 6.92 Å². The van der Waals surface area contributed by atoms with Crippen LogP contribution in [0.3, 0.4) is 0 Å². The number of nitrogens with one attached hydrogen (secondary N) is 1. The minimum atomic E-state index is -3.37. The molecule has 1 amide bonds. The van der Waals surface area contributed by atoms with Gasteiger partial charge in [-0.25, -0.2) is 8.42 Å². The molecule has 0 aliphatic rings. The van der Waals surface area contributed by atoms with E-state index in [4.69, 9.17) is 9.15 Å². The minimum absolute atomic E-state index is 0.139. The molecular formula is C19H19NO5S. The van der Waals surface area contributed by atoms with Crippen LogP contribution in [0.2, 0.25) is 0 Å². The van der Waals surface area contributed by atoms with Crippen LogP contribution in [0.1, 0.15) is 21.7 Å². The zero-order chi connectivity index (χ0) is 18.9. The number of anilines is 1. The zero-order valence-corrected chi connectivity index (χ0v) is 15.5. The number of carbonyl (C=O) groups excluding carboxylic acids is 1. The van der Waals surface area contributed by atoms with Crippen molar-refractivity contribution in [3.8, 4) is 0 Å². The molecule has 0 atom stereocenters. The standard InChI is InChI=1S/C19H19NO5S/c1-12-8-9-13(26(3,22)23)10-16(12)20-19(21)18-15(11-24-2)14-6-4-5-7-17(14)25-18/h4-10H,11H2,1-3H3,(H,20,21). The predicted octanol–water partition coefficient (Wildman–Crippen LogP) is 3.54. The third kappa shape index (κ3) is 3.49. The van der Waals surface area contributed by atoms with Crippen molar-refractivity contribution in [2.45, 2.75) is 18.4 Å². The first-order chi connectivity index (χ1) is 12.3. The van der Waals surface area contributed by atoms with E-state index in [0.717, 1.165) is 17.2 Å². The predicted molar refractivity (Wildman–Crippen MR) is 99.2 cm³/mol. The van der Waals surface area contributed by atoms with Crippen LogP contribution in [0.5, 0.6) is 0 Å². The SMILES string of the molecule is COCc1c(C(=O)Nc2cc(S(C)(=O)=O)ccc2C)oc2ccccc12. The molecule has 0 fully saturated rings. The van der Waals surface area contributed by atoms with Crippen LogP contribution in [0.4, 0.5) is 5.69 Å². The van der Waals surface area contributed by atoms with E-state index in [1.54, 1.807) is 26.2 Å². The van der Waals surface area contributed by atoms with Gasteiger partial charge in [0.15, 0.2) is 15.6 Å². The first-order valence-electron chi connectivity index (χ1n) is 7.92. The minimum Gasteiger partial charge on any atom is -0.451 e. The van der Waals surface area contributed by atoms with E-state index in [1.807, 2.05) is 18.2 Å². The Kier molecular flexibility index (Phi) is 4.84. The maximum Gasteiger partial charge on any atom is 0.291 e. The molecule has 136 valence electrons. The largest absolute Gasteiger partial charge is 0.451 e. The Hall–Kier alpha value is -2.64. The Morgan fingerprint density at radius 2 is 1.92 bits per heavy atom. The number of ether oxygens (including phenoxy) is 1. The van der Waals surface area contributed by atoms with E-state index in [0.29, 0.717) is 16.8 Å². The van der Waals surface area contributed by atoms with Crippen LogP contribution in [0.15, 0.2) is 51.8 Å². The van der Waals surface area contributed by atoms with Crippen LogP contribution in [-0.2, 0) is 21.2 Å². The summed E-state index contributed by atoms with van der Waals surface area (Å²) in [7, 11) is -1.83. The van der Waals surface area contributed by atoms with Gasteiger partial charge < -0.3 is 14.5 Å². The van der Waals surface area contributed by atoms with Gasteiger partial charge in [-0.2, -0.15) is 0 Å². The smallest absolute Gasteiger partial charge is 0.291 e. The normalized spacial score (nSPS) is 11.7. The first-order valence-corrected chi connectivity index (χ1v) is 9.82. The number of amides is 1. The highest BCUT2D eigenvalue weighted by atomic mass is 32.2. The summed E-state index contributed by atoms with van der Waals surface area (Å²) in [6.07, 6.45) is 1.12. The lowest BCUT2D eigenvalue weighted by atomic mass is 10.1. The highest BCUT2D eigenvalue weighted by Gasteiger charge is 2.21. The molecule has 3 rings (SSSR count). The number of hydrogen-bond acceptors (Lipinski definition) is 5. The molecule has 26 heavy (non-hydrogen) atoms. The first kappa shape index (κ1) is 18.2. The second-order valence-corrected chi connectivity index (χ2v) is 8.06. The number of carbonyl (C=O) groups is 1. The van der Waals surface area contributed by atoms with Crippen LogP contribution < -0.4 is 5.32 Å². The van der Waals surface area contributed by atoms with Crippen molar-refractivity contribution in [1.29, 1.82) is 0 Å². The lowest BCUT2D eigenvalue weighted by Gasteiger charge is -2.10. The molecule has 0 bridgehead atoms. The van der Waals surface area contributed by atoms with Gasteiger partial charge in [0.2, 0.25) is 0 Å². The van der Waals surface area contributed by atoms with Crippen molar-refractivity contribution in [3.63, 3.8) is 0 Å². The lowest BCUT2D eigenvalue weighted by molar-refractivity contribution is 0.0992. The number of benzene rings is 2. The second-order valence-electron chi connectivity index (χ2n) is 6.04. The summed E-state index contributed by atoms with van der Waals surface area (Å²) in [6, 6.07) is 11.9. The van der Waals surface area contributed by atoms with Crippen LogP contribution >= 0.6 is 0 Å². The third-order valence-corrected chi connectivity index (χ3v) is 5.19. The number of furan rings is 1. The highest BCUT2D eigenvalue weighted by Crippen LogP contribution is 2.28. The fourth-order valence-electron chi connectivity index (χ4n) is 2.72.